The molecule has 0 radical (unpaired) electrons. The first-order valence-corrected chi connectivity index (χ1v) is 2.66. The van der Waals surface area contributed by atoms with Gasteiger partial charge in [-0.3, -0.25) is 0 Å². The largest absolute Gasteiger partial charge is 1.00 e. The van der Waals surface area contributed by atoms with E-state index in [1.165, 1.54) is 12.8 Å². The van der Waals surface area contributed by atoms with Crippen LogP contribution >= 0.6 is 0 Å². The molecule has 0 aromatic carbocycles. The van der Waals surface area contributed by atoms with Crippen LogP contribution in [0.2, 0.25) is 0 Å². The van der Waals surface area contributed by atoms with E-state index in [-0.39, 0.29) is 22.4 Å². The monoisotopic (exact) mass is 242 g/mol. The first kappa shape index (κ1) is 16.5. The zero-order valence-electron chi connectivity index (χ0n) is 5.67. The first-order chi connectivity index (χ1) is 4.15. The molecule has 0 aliphatic carbocycles. The molecule has 0 saturated heterocycles. The van der Waals surface area contributed by atoms with Crippen LogP contribution in [0.15, 0.2) is 0 Å². The molecule has 0 rings (SSSR count). The number of unbranched alkanes of at least 4 members (excludes halogenated alkanes) is 1. The van der Waals surface area contributed by atoms with Gasteiger partial charge in [-0.05, 0) is 13.0 Å². The van der Waals surface area contributed by atoms with Crippen LogP contribution in [-0.4, -0.2) is 11.6 Å². The van der Waals surface area contributed by atoms with Gasteiger partial charge in [-0.15, -0.1) is 0 Å². The quantitative estimate of drug-likeness (QED) is 0.434. The van der Waals surface area contributed by atoms with Gasteiger partial charge in [0.15, 0.2) is 0 Å². The summed E-state index contributed by atoms with van der Waals surface area (Å²) >= 11 is 0. The van der Waals surface area contributed by atoms with Crippen molar-refractivity contribution < 1.29 is 27.5 Å². The van der Waals surface area contributed by atoms with Crippen LogP contribution in [-0.2, 0) is 22.4 Å². The maximum Gasteiger partial charge on any atom is 1.00 e. The number of nitrogens with zero attached hydrogens (tertiary/aromatic N) is 1. The van der Waals surface area contributed by atoms with E-state index in [4.69, 9.17) is 21.1 Å². The molecule has 0 saturated carbocycles. The molecule has 0 atom stereocenters. The first-order valence-electron chi connectivity index (χ1n) is 2.66. The van der Waals surface area contributed by atoms with Crippen molar-refractivity contribution in [2.45, 2.75) is 19.8 Å². The minimum Gasteiger partial charge on any atom is -0.356 e. The van der Waals surface area contributed by atoms with E-state index < -0.39 is 5.09 Å². The fourth-order valence-electron chi connectivity index (χ4n) is 0.204. The van der Waals surface area contributed by atoms with E-state index in [1.807, 2.05) is 0 Å². The second-order valence-electron chi connectivity index (χ2n) is 1.37. The van der Waals surface area contributed by atoms with E-state index in [0.29, 0.717) is 0 Å². The molecule has 0 spiro atoms. The van der Waals surface area contributed by atoms with Crippen LogP contribution in [0.25, 0.3) is 0 Å². The minimum absolute atomic E-state index is 0. The Morgan fingerprint density at radius 2 is 1.80 bits per heavy atom. The summed E-state index contributed by atoms with van der Waals surface area (Å²) in [4.78, 5) is 8.25. The molecule has 0 amide bonds. The summed E-state index contributed by atoms with van der Waals surface area (Å²) in [6.45, 7) is 2.98. The van der Waals surface area contributed by atoms with Gasteiger partial charge in [0.25, 0.3) is 0 Å². The Morgan fingerprint density at radius 3 is 1.80 bits per heavy atom. The van der Waals surface area contributed by atoms with Gasteiger partial charge in [0.2, 0.25) is 0 Å². The molecule has 0 bridgehead atoms. The van der Waals surface area contributed by atoms with Crippen LogP contribution in [0, 0.1) is 15.3 Å². The predicted octanol–water partition coefficient (Wildman–Crippen LogP) is 0.504. The normalized spacial score (nSPS) is 6.60. The van der Waals surface area contributed by atoms with Crippen molar-refractivity contribution in [3.8, 4) is 0 Å². The van der Waals surface area contributed by atoms with Gasteiger partial charge in [0.05, 0.1) is 5.09 Å². The molecular formula is C4H11AgN2O3. The van der Waals surface area contributed by atoms with Crippen molar-refractivity contribution >= 4 is 0 Å². The zero-order valence-corrected chi connectivity index (χ0v) is 7.15. The third-order valence-electron chi connectivity index (χ3n) is 0.558. The molecule has 66 valence electrons. The summed E-state index contributed by atoms with van der Waals surface area (Å²) in [5, 5.41) is 14.8. The molecule has 0 aromatic heterocycles. The van der Waals surface area contributed by atoms with Gasteiger partial charge in [-0.2, -0.15) is 0 Å². The average Bonchev–Trinajstić information content (AvgIpc) is 1.66. The van der Waals surface area contributed by atoms with Crippen molar-refractivity contribution in [3.05, 3.63) is 15.3 Å². The summed E-state index contributed by atoms with van der Waals surface area (Å²) in [7, 11) is 0. The average molecular weight is 243 g/mol. The second-order valence-corrected chi connectivity index (χ2v) is 1.37. The number of nitrogens with two attached hydrogens (primary N) is 1. The van der Waals surface area contributed by atoms with Crippen molar-refractivity contribution in [2.75, 3.05) is 6.54 Å². The molecule has 10 heavy (non-hydrogen) atoms. The summed E-state index contributed by atoms with van der Waals surface area (Å²) in [6, 6.07) is 0. The van der Waals surface area contributed by atoms with Crippen LogP contribution in [0.1, 0.15) is 19.8 Å². The molecular weight excluding hydrogens is 232 g/mol. The Bertz CT molecular complexity index is 65.5. The SMILES string of the molecule is CCCCN.O=[N+]([O-])[O-].[Ag+]. The van der Waals surface area contributed by atoms with E-state index in [9.17, 15) is 0 Å². The summed E-state index contributed by atoms with van der Waals surface area (Å²) < 4.78 is 0. The summed E-state index contributed by atoms with van der Waals surface area (Å²) in [6.07, 6.45) is 2.39. The van der Waals surface area contributed by atoms with Crippen molar-refractivity contribution in [2.24, 2.45) is 5.73 Å². The predicted molar refractivity (Wildman–Crippen MR) is 34.3 cm³/mol. The molecule has 2 N–H and O–H groups in total. The van der Waals surface area contributed by atoms with E-state index in [1.54, 1.807) is 0 Å². The maximum atomic E-state index is 8.25. The molecule has 0 unspecified atom stereocenters. The van der Waals surface area contributed by atoms with Crippen LogP contribution < -0.4 is 5.73 Å². The van der Waals surface area contributed by atoms with Gasteiger partial charge in [-0.1, -0.05) is 13.3 Å². The number of rotatable bonds is 2. The Hall–Kier alpha value is -0.0997. The van der Waals surface area contributed by atoms with E-state index in [2.05, 4.69) is 6.92 Å². The topological polar surface area (TPSA) is 92.2 Å². The molecule has 5 nitrogen and oxygen atoms in total. The van der Waals surface area contributed by atoms with Crippen molar-refractivity contribution in [3.63, 3.8) is 0 Å². The van der Waals surface area contributed by atoms with E-state index >= 15 is 0 Å². The molecule has 6 heteroatoms. The number of hydrogen-bond acceptors (Lipinski definition) is 4. The van der Waals surface area contributed by atoms with Gasteiger partial charge in [0.1, 0.15) is 0 Å². The second kappa shape index (κ2) is 16.0. The Balaban J connectivity index is -0.0000000910. The molecule has 0 aromatic rings. The Labute approximate surface area is 75.2 Å². The molecule has 0 fully saturated rings. The van der Waals surface area contributed by atoms with Crippen LogP contribution in [0.3, 0.4) is 0 Å². The minimum atomic E-state index is -1.75. The fourth-order valence-corrected chi connectivity index (χ4v) is 0.204. The molecule has 0 aliphatic rings. The smallest absolute Gasteiger partial charge is 0.356 e. The summed E-state index contributed by atoms with van der Waals surface area (Å²) in [5.74, 6) is 0. The Kier molecular flexibility index (Phi) is 26.3. The fraction of sp³-hybridized carbons (Fsp3) is 1.00. The third kappa shape index (κ3) is 104. The Morgan fingerprint density at radius 1 is 1.50 bits per heavy atom. The van der Waals surface area contributed by atoms with E-state index in [0.717, 1.165) is 6.54 Å². The van der Waals surface area contributed by atoms with Crippen LogP contribution in [0.4, 0.5) is 0 Å². The molecule has 0 aliphatic heterocycles. The van der Waals surface area contributed by atoms with Gasteiger partial charge in [-0.25, -0.2) is 0 Å². The third-order valence-corrected chi connectivity index (χ3v) is 0.558. The van der Waals surface area contributed by atoms with Crippen LogP contribution in [0.5, 0.6) is 0 Å². The van der Waals surface area contributed by atoms with Gasteiger partial charge in [0, 0.05) is 0 Å². The summed E-state index contributed by atoms with van der Waals surface area (Å²) in [5.41, 5.74) is 5.14. The van der Waals surface area contributed by atoms with Crippen molar-refractivity contribution in [1.29, 1.82) is 0 Å². The van der Waals surface area contributed by atoms with Gasteiger partial charge >= 0.3 is 22.4 Å². The van der Waals surface area contributed by atoms with Crippen molar-refractivity contribution in [1.82, 2.24) is 0 Å². The standard InChI is InChI=1S/C4H11N.Ag.NO3/c1-2-3-4-5;;2-1(3)4/h2-5H2,1H3;;/q;+1;-1. The van der Waals surface area contributed by atoms with Gasteiger partial charge < -0.3 is 21.1 Å². The number of hydrogen-bond donors (Lipinski definition) is 1. The molecule has 0 heterocycles. The zero-order chi connectivity index (χ0) is 7.70. The maximum absolute atomic E-state index is 8.25.